The van der Waals surface area contributed by atoms with Crippen LogP contribution in [0.2, 0.25) is 0 Å². The number of hydrogen-bond acceptors (Lipinski definition) is 3. The minimum absolute atomic E-state index is 0.0917. The van der Waals surface area contributed by atoms with Crippen molar-refractivity contribution in [2.24, 2.45) is 23.5 Å². The molecule has 1 saturated heterocycles. The summed E-state index contributed by atoms with van der Waals surface area (Å²) in [6, 6.07) is 0. The first kappa shape index (κ1) is 9.45. The Bertz CT molecular complexity index is 279. The van der Waals surface area contributed by atoms with Gasteiger partial charge in [-0.3, -0.25) is 9.59 Å². The Balaban J connectivity index is 1.91. The van der Waals surface area contributed by atoms with Gasteiger partial charge in [0.25, 0.3) is 0 Å². The van der Waals surface area contributed by atoms with Crippen molar-refractivity contribution < 1.29 is 14.7 Å². The molecular weight excluding hydrogens is 184 g/mol. The Morgan fingerprint density at radius 3 is 2.86 bits per heavy atom. The zero-order valence-electron chi connectivity index (χ0n) is 7.85. The molecule has 5 nitrogen and oxygen atoms in total. The summed E-state index contributed by atoms with van der Waals surface area (Å²) in [6.07, 6.45) is 0.996. The summed E-state index contributed by atoms with van der Waals surface area (Å²) in [5.41, 5.74) is 5.32. The second-order valence-corrected chi connectivity index (χ2v) is 4.12. The van der Waals surface area contributed by atoms with Crippen molar-refractivity contribution in [2.45, 2.75) is 6.42 Å². The summed E-state index contributed by atoms with van der Waals surface area (Å²) in [6.45, 7) is 1.10. The minimum atomic E-state index is -0.916. The molecule has 14 heavy (non-hydrogen) atoms. The number of piperidine rings is 1. The molecule has 0 radical (unpaired) electrons. The molecule has 1 saturated carbocycles. The van der Waals surface area contributed by atoms with Crippen LogP contribution in [0.15, 0.2) is 0 Å². The summed E-state index contributed by atoms with van der Waals surface area (Å²) in [4.78, 5) is 23.9. The van der Waals surface area contributed by atoms with Gasteiger partial charge in [-0.2, -0.15) is 0 Å². The summed E-state index contributed by atoms with van der Waals surface area (Å²) in [5, 5.41) is 8.78. The molecule has 2 rings (SSSR count). The third-order valence-electron chi connectivity index (χ3n) is 3.08. The number of carboxylic acids is 1. The predicted molar refractivity (Wildman–Crippen MR) is 48.4 cm³/mol. The van der Waals surface area contributed by atoms with Crippen LogP contribution in [0.1, 0.15) is 6.42 Å². The number of carbonyl (C=O) groups excluding carboxylic acids is 1. The van der Waals surface area contributed by atoms with Gasteiger partial charge in [-0.05, 0) is 12.3 Å². The van der Waals surface area contributed by atoms with Crippen molar-refractivity contribution in [2.75, 3.05) is 19.6 Å². The Labute approximate surface area is 81.9 Å². The molecule has 3 unspecified atom stereocenters. The number of amides is 1. The molecule has 3 N–H and O–H groups in total. The van der Waals surface area contributed by atoms with E-state index in [1.807, 2.05) is 0 Å². The van der Waals surface area contributed by atoms with Gasteiger partial charge in [0.15, 0.2) is 0 Å². The molecule has 1 heterocycles. The maximum Gasteiger partial charge on any atom is 0.309 e. The lowest BCUT2D eigenvalue weighted by Crippen LogP contribution is -2.39. The highest BCUT2D eigenvalue weighted by Gasteiger charge is 2.52. The molecule has 2 aliphatic rings. The SMILES string of the molecule is NCC(CN1CC2CC2C1=O)C(=O)O. The van der Waals surface area contributed by atoms with Crippen LogP contribution in [0, 0.1) is 17.8 Å². The molecule has 2 fully saturated rings. The molecule has 1 aliphatic carbocycles. The van der Waals surface area contributed by atoms with Gasteiger partial charge in [0, 0.05) is 25.6 Å². The molecule has 1 aliphatic heterocycles. The number of nitrogens with two attached hydrogens (primary N) is 1. The van der Waals surface area contributed by atoms with E-state index in [4.69, 9.17) is 10.8 Å². The van der Waals surface area contributed by atoms with Crippen LogP contribution in [-0.4, -0.2) is 41.5 Å². The van der Waals surface area contributed by atoms with Gasteiger partial charge in [-0.25, -0.2) is 0 Å². The number of aliphatic carboxylic acids is 1. The molecular formula is C9H14N2O3. The fourth-order valence-electron chi connectivity index (χ4n) is 2.04. The van der Waals surface area contributed by atoms with E-state index >= 15 is 0 Å². The lowest BCUT2D eigenvalue weighted by molar-refractivity contribution is -0.143. The van der Waals surface area contributed by atoms with Crippen molar-refractivity contribution in [3.8, 4) is 0 Å². The third kappa shape index (κ3) is 1.48. The van der Waals surface area contributed by atoms with Gasteiger partial charge in [0.05, 0.1) is 5.92 Å². The maximum atomic E-state index is 11.5. The van der Waals surface area contributed by atoms with E-state index in [-0.39, 0.29) is 24.9 Å². The number of carbonyl (C=O) groups is 2. The highest BCUT2D eigenvalue weighted by Crippen LogP contribution is 2.45. The average Bonchev–Trinajstić information content (AvgIpc) is 2.83. The first-order valence-electron chi connectivity index (χ1n) is 4.85. The third-order valence-corrected chi connectivity index (χ3v) is 3.08. The van der Waals surface area contributed by atoms with E-state index in [0.717, 1.165) is 13.0 Å². The molecule has 0 spiro atoms. The smallest absolute Gasteiger partial charge is 0.309 e. The highest BCUT2D eigenvalue weighted by atomic mass is 16.4. The molecule has 1 amide bonds. The first-order valence-corrected chi connectivity index (χ1v) is 4.85. The minimum Gasteiger partial charge on any atom is -0.481 e. The van der Waals surface area contributed by atoms with Gasteiger partial charge in [0.2, 0.25) is 5.91 Å². The number of hydrogen-bond donors (Lipinski definition) is 2. The summed E-state index contributed by atoms with van der Waals surface area (Å²) in [5.74, 6) is -0.719. The Hall–Kier alpha value is -1.10. The van der Waals surface area contributed by atoms with E-state index in [0.29, 0.717) is 5.92 Å². The van der Waals surface area contributed by atoms with Crippen LogP contribution in [-0.2, 0) is 9.59 Å². The van der Waals surface area contributed by atoms with Gasteiger partial charge in [-0.1, -0.05) is 0 Å². The fourth-order valence-corrected chi connectivity index (χ4v) is 2.04. The standard InChI is InChI=1S/C9H14N2O3/c10-2-6(9(13)14)4-11-3-5-1-7(5)8(11)12/h5-7H,1-4,10H2,(H,13,14). The molecule has 0 bridgehead atoms. The monoisotopic (exact) mass is 198 g/mol. The van der Waals surface area contributed by atoms with Crippen molar-refractivity contribution in [3.63, 3.8) is 0 Å². The second kappa shape index (κ2) is 3.24. The normalized spacial score (nSPS) is 31.5. The zero-order chi connectivity index (χ0) is 10.3. The lowest BCUT2D eigenvalue weighted by atomic mass is 10.1. The average molecular weight is 198 g/mol. The van der Waals surface area contributed by atoms with E-state index in [2.05, 4.69) is 0 Å². The van der Waals surface area contributed by atoms with E-state index in [1.54, 1.807) is 4.90 Å². The van der Waals surface area contributed by atoms with Gasteiger partial charge >= 0.3 is 5.97 Å². The molecule has 78 valence electrons. The second-order valence-electron chi connectivity index (χ2n) is 4.12. The quantitative estimate of drug-likeness (QED) is 0.614. The molecule has 0 aromatic rings. The first-order chi connectivity index (χ1) is 6.63. The number of carboxylic acid groups (broad SMARTS) is 1. The molecule has 0 aromatic carbocycles. The van der Waals surface area contributed by atoms with Crippen LogP contribution in [0.5, 0.6) is 0 Å². The topological polar surface area (TPSA) is 83.6 Å². The van der Waals surface area contributed by atoms with Crippen LogP contribution in [0.25, 0.3) is 0 Å². The summed E-state index contributed by atoms with van der Waals surface area (Å²) in [7, 11) is 0. The maximum absolute atomic E-state index is 11.5. The molecule has 3 atom stereocenters. The van der Waals surface area contributed by atoms with Gasteiger partial charge in [0.1, 0.15) is 0 Å². The van der Waals surface area contributed by atoms with Gasteiger partial charge < -0.3 is 15.7 Å². The largest absolute Gasteiger partial charge is 0.481 e. The van der Waals surface area contributed by atoms with Crippen LogP contribution < -0.4 is 5.73 Å². The Kier molecular flexibility index (Phi) is 2.19. The number of likely N-dealkylation sites (tertiary alicyclic amines) is 1. The number of fused-ring (bicyclic) bond motifs is 1. The summed E-state index contributed by atoms with van der Waals surface area (Å²) >= 11 is 0. The van der Waals surface area contributed by atoms with E-state index in [9.17, 15) is 9.59 Å². The van der Waals surface area contributed by atoms with Crippen molar-refractivity contribution in [1.29, 1.82) is 0 Å². The number of rotatable bonds is 4. The highest BCUT2D eigenvalue weighted by molar-refractivity contribution is 5.85. The van der Waals surface area contributed by atoms with E-state index < -0.39 is 11.9 Å². The fraction of sp³-hybridized carbons (Fsp3) is 0.778. The van der Waals surface area contributed by atoms with Crippen LogP contribution in [0.3, 0.4) is 0 Å². The van der Waals surface area contributed by atoms with Crippen molar-refractivity contribution >= 4 is 11.9 Å². The Morgan fingerprint density at radius 2 is 2.43 bits per heavy atom. The zero-order valence-corrected chi connectivity index (χ0v) is 7.85. The van der Waals surface area contributed by atoms with E-state index in [1.165, 1.54) is 0 Å². The predicted octanol–water partition coefficient (Wildman–Crippen LogP) is -0.876. The Morgan fingerprint density at radius 1 is 1.71 bits per heavy atom. The lowest BCUT2D eigenvalue weighted by Gasteiger charge is -2.21. The molecule has 5 heteroatoms. The van der Waals surface area contributed by atoms with Crippen molar-refractivity contribution in [1.82, 2.24) is 4.90 Å². The summed E-state index contributed by atoms with van der Waals surface area (Å²) < 4.78 is 0. The van der Waals surface area contributed by atoms with Crippen molar-refractivity contribution in [3.05, 3.63) is 0 Å². The molecule has 0 aromatic heterocycles. The van der Waals surface area contributed by atoms with Crippen LogP contribution in [0.4, 0.5) is 0 Å². The number of nitrogens with zero attached hydrogens (tertiary/aromatic N) is 1. The van der Waals surface area contributed by atoms with Gasteiger partial charge in [-0.15, -0.1) is 0 Å². The van der Waals surface area contributed by atoms with Crippen LogP contribution >= 0.6 is 0 Å².